The number of hydrogen-bond donors (Lipinski definition) is 2. The number of rotatable bonds is 7. The Balaban J connectivity index is 0.00000320. The van der Waals surface area contributed by atoms with Crippen LogP contribution < -0.4 is 25.0 Å². The van der Waals surface area contributed by atoms with Crippen LogP contribution in [0, 0.1) is 5.82 Å². The van der Waals surface area contributed by atoms with E-state index in [1.165, 1.54) is 6.07 Å². The van der Waals surface area contributed by atoms with Crippen LogP contribution in [0.5, 0.6) is 11.5 Å². The van der Waals surface area contributed by atoms with E-state index < -0.39 is 0 Å². The van der Waals surface area contributed by atoms with Crippen molar-refractivity contribution in [3.05, 3.63) is 53.8 Å². The Hall–Kier alpha value is -2.23. The predicted octanol–water partition coefficient (Wildman–Crippen LogP) is 3.45. The largest absolute Gasteiger partial charge is 0.497 e. The van der Waals surface area contributed by atoms with Gasteiger partial charge < -0.3 is 25.0 Å². The summed E-state index contributed by atoms with van der Waals surface area (Å²) in [6.07, 6.45) is 1.74. The van der Waals surface area contributed by atoms with Crippen LogP contribution in [0.4, 0.5) is 10.1 Å². The molecule has 0 aromatic heterocycles. The van der Waals surface area contributed by atoms with E-state index in [2.05, 4.69) is 20.5 Å². The molecule has 30 heavy (non-hydrogen) atoms. The lowest BCUT2D eigenvalue weighted by Gasteiger charge is -2.21. The van der Waals surface area contributed by atoms with E-state index in [1.54, 1.807) is 33.4 Å². The van der Waals surface area contributed by atoms with Crippen molar-refractivity contribution < 1.29 is 13.9 Å². The van der Waals surface area contributed by atoms with Crippen molar-refractivity contribution in [3.63, 3.8) is 0 Å². The van der Waals surface area contributed by atoms with Crippen LogP contribution in [-0.4, -0.2) is 52.9 Å². The number of ether oxygens (including phenoxy) is 2. The molecule has 8 heteroatoms. The second-order valence-corrected chi connectivity index (χ2v) is 7.03. The summed E-state index contributed by atoms with van der Waals surface area (Å²) in [5.41, 5.74) is 2.05. The highest BCUT2D eigenvalue weighted by atomic mass is 127. The fraction of sp³-hybridized carbons (Fsp3) is 0.409. The highest BCUT2D eigenvalue weighted by Gasteiger charge is 2.24. The zero-order valence-electron chi connectivity index (χ0n) is 17.7. The number of guanidine groups is 1. The number of hydrogen-bond acceptors (Lipinski definition) is 4. The maximum Gasteiger partial charge on any atom is 0.191 e. The van der Waals surface area contributed by atoms with Gasteiger partial charge in [0.15, 0.2) is 5.96 Å². The SMILES string of the molecule is CN=C(NCCc1cccc(F)c1)NC1CCN(c2cc(OC)cc(OC)c2)C1.I. The number of methoxy groups -OCH3 is 2. The van der Waals surface area contributed by atoms with E-state index in [-0.39, 0.29) is 35.8 Å². The first kappa shape index (κ1) is 24.0. The fourth-order valence-electron chi connectivity index (χ4n) is 3.49. The first-order chi connectivity index (χ1) is 14.1. The van der Waals surface area contributed by atoms with Crippen LogP contribution in [0.2, 0.25) is 0 Å². The topological polar surface area (TPSA) is 58.1 Å². The molecule has 0 radical (unpaired) electrons. The number of aliphatic imine (C=N–C) groups is 1. The molecule has 2 aromatic rings. The number of nitrogens with one attached hydrogen (secondary N) is 2. The third-order valence-electron chi connectivity index (χ3n) is 5.05. The molecule has 164 valence electrons. The normalized spacial score (nSPS) is 16.1. The lowest BCUT2D eigenvalue weighted by Crippen LogP contribution is -2.45. The molecule has 0 aliphatic carbocycles. The Morgan fingerprint density at radius 2 is 1.90 bits per heavy atom. The standard InChI is InChI=1S/C22H29FN4O2.HI/c1-24-22(25-9-7-16-5-4-6-17(23)11-16)26-18-8-10-27(15-18)19-12-20(28-2)14-21(13-19)29-3;/h4-6,11-14,18H,7-10,15H2,1-3H3,(H2,24,25,26);1H. The minimum absolute atomic E-state index is 0. The van der Waals surface area contributed by atoms with Crippen LogP contribution in [0.25, 0.3) is 0 Å². The third-order valence-corrected chi connectivity index (χ3v) is 5.05. The molecule has 2 N–H and O–H groups in total. The van der Waals surface area contributed by atoms with Crippen molar-refractivity contribution in [1.29, 1.82) is 0 Å². The van der Waals surface area contributed by atoms with Crippen LogP contribution in [-0.2, 0) is 6.42 Å². The van der Waals surface area contributed by atoms with E-state index >= 15 is 0 Å². The van der Waals surface area contributed by atoms with Gasteiger partial charge in [-0.15, -0.1) is 24.0 Å². The highest BCUT2D eigenvalue weighted by Crippen LogP contribution is 2.30. The quantitative estimate of drug-likeness (QED) is 0.328. The van der Waals surface area contributed by atoms with Gasteiger partial charge in [-0.05, 0) is 30.5 Å². The van der Waals surface area contributed by atoms with Crippen molar-refractivity contribution in [2.75, 3.05) is 45.8 Å². The molecule has 1 unspecified atom stereocenters. The number of halogens is 2. The molecule has 6 nitrogen and oxygen atoms in total. The van der Waals surface area contributed by atoms with Crippen LogP contribution in [0.1, 0.15) is 12.0 Å². The summed E-state index contributed by atoms with van der Waals surface area (Å²) in [5, 5.41) is 6.79. The second-order valence-electron chi connectivity index (χ2n) is 7.03. The molecule has 1 aliphatic heterocycles. The molecule has 3 rings (SSSR count). The van der Waals surface area contributed by atoms with E-state index in [4.69, 9.17) is 9.47 Å². The van der Waals surface area contributed by atoms with Crippen molar-refractivity contribution >= 4 is 35.6 Å². The maximum atomic E-state index is 13.3. The summed E-state index contributed by atoms with van der Waals surface area (Å²) in [7, 11) is 5.08. The molecule has 1 saturated heterocycles. The Bertz CT molecular complexity index is 827. The van der Waals surface area contributed by atoms with Crippen LogP contribution in [0.15, 0.2) is 47.5 Å². The highest BCUT2D eigenvalue weighted by molar-refractivity contribution is 14.0. The first-order valence-corrected chi connectivity index (χ1v) is 9.81. The second kappa shape index (κ2) is 11.8. The monoisotopic (exact) mass is 528 g/mol. The van der Waals surface area contributed by atoms with Gasteiger partial charge in [0.25, 0.3) is 0 Å². The number of anilines is 1. The zero-order chi connectivity index (χ0) is 20.6. The number of nitrogens with zero attached hydrogens (tertiary/aromatic N) is 2. The smallest absolute Gasteiger partial charge is 0.191 e. The molecule has 1 fully saturated rings. The lowest BCUT2D eigenvalue weighted by molar-refractivity contribution is 0.394. The van der Waals surface area contributed by atoms with Gasteiger partial charge in [0, 0.05) is 56.6 Å². The lowest BCUT2D eigenvalue weighted by atomic mass is 10.1. The Morgan fingerprint density at radius 3 is 2.53 bits per heavy atom. The van der Waals surface area contributed by atoms with Gasteiger partial charge in [-0.1, -0.05) is 12.1 Å². The van der Waals surface area contributed by atoms with Gasteiger partial charge in [0.05, 0.1) is 14.2 Å². The summed E-state index contributed by atoms with van der Waals surface area (Å²) < 4.78 is 24.0. The van der Waals surface area contributed by atoms with Gasteiger partial charge in [-0.25, -0.2) is 4.39 Å². The minimum atomic E-state index is -0.203. The van der Waals surface area contributed by atoms with Gasteiger partial charge in [0.1, 0.15) is 17.3 Å². The van der Waals surface area contributed by atoms with Crippen molar-refractivity contribution in [2.45, 2.75) is 18.9 Å². The summed E-state index contributed by atoms with van der Waals surface area (Å²) >= 11 is 0. The molecular formula is C22H30FIN4O2. The summed E-state index contributed by atoms with van der Waals surface area (Å²) in [4.78, 5) is 6.62. The Kier molecular flexibility index (Phi) is 9.48. The van der Waals surface area contributed by atoms with Crippen LogP contribution in [0.3, 0.4) is 0 Å². The molecule has 0 amide bonds. The molecule has 1 aliphatic rings. The van der Waals surface area contributed by atoms with Crippen molar-refractivity contribution in [1.82, 2.24) is 10.6 Å². The zero-order valence-corrected chi connectivity index (χ0v) is 20.0. The minimum Gasteiger partial charge on any atom is -0.497 e. The van der Waals surface area contributed by atoms with Crippen molar-refractivity contribution in [3.8, 4) is 11.5 Å². The van der Waals surface area contributed by atoms with Crippen molar-refractivity contribution in [2.24, 2.45) is 4.99 Å². The summed E-state index contributed by atoms with van der Waals surface area (Å²) in [6, 6.07) is 12.9. The molecule has 0 bridgehead atoms. The van der Waals surface area contributed by atoms with E-state index in [9.17, 15) is 4.39 Å². The molecule has 1 heterocycles. The van der Waals surface area contributed by atoms with E-state index in [0.29, 0.717) is 6.54 Å². The van der Waals surface area contributed by atoms with Gasteiger partial charge >= 0.3 is 0 Å². The Labute approximate surface area is 194 Å². The maximum absolute atomic E-state index is 13.3. The third kappa shape index (κ3) is 6.65. The average Bonchev–Trinajstić information content (AvgIpc) is 3.21. The molecule has 2 aromatic carbocycles. The molecular weight excluding hydrogens is 498 g/mol. The average molecular weight is 528 g/mol. The molecule has 0 spiro atoms. The van der Waals surface area contributed by atoms with E-state index in [0.717, 1.165) is 54.6 Å². The predicted molar refractivity (Wildman–Crippen MR) is 130 cm³/mol. The summed E-state index contributed by atoms with van der Waals surface area (Å²) in [5.74, 6) is 2.12. The summed E-state index contributed by atoms with van der Waals surface area (Å²) in [6.45, 7) is 2.49. The van der Waals surface area contributed by atoms with Gasteiger partial charge in [-0.2, -0.15) is 0 Å². The van der Waals surface area contributed by atoms with Gasteiger partial charge in [0.2, 0.25) is 0 Å². The van der Waals surface area contributed by atoms with Crippen LogP contribution >= 0.6 is 24.0 Å². The molecule has 0 saturated carbocycles. The van der Waals surface area contributed by atoms with Gasteiger partial charge in [-0.3, -0.25) is 4.99 Å². The number of benzene rings is 2. The fourth-order valence-corrected chi connectivity index (χ4v) is 3.49. The first-order valence-electron chi connectivity index (χ1n) is 9.81. The molecule has 1 atom stereocenters. The Morgan fingerprint density at radius 1 is 1.17 bits per heavy atom. The van der Waals surface area contributed by atoms with E-state index in [1.807, 2.05) is 24.3 Å².